The normalized spacial score (nSPS) is 20.8. The van der Waals surface area contributed by atoms with E-state index in [1.54, 1.807) is 0 Å². The molecule has 2 aromatic rings. The van der Waals surface area contributed by atoms with Crippen LogP contribution in [0, 0.1) is 5.92 Å². The first kappa shape index (κ1) is 23.5. The van der Waals surface area contributed by atoms with E-state index < -0.39 is 0 Å². The molecule has 0 saturated heterocycles. The molecule has 0 radical (unpaired) electrons. The van der Waals surface area contributed by atoms with Gasteiger partial charge < -0.3 is 16.0 Å². The van der Waals surface area contributed by atoms with Crippen molar-refractivity contribution < 1.29 is 9.59 Å². The highest BCUT2D eigenvalue weighted by Crippen LogP contribution is 2.35. The summed E-state index contributed by atoms with van der Waals surface area (Å²) in [6.07, 6.45) is 6.09. The molecule has 2 aromatic carbocycles. The lowest BCUT2D eigenvalue weighted by atomic mass is 9.86. The minimum absolute atomic E-state index is 0.0181. The lowest BCUT2D eigenvalue weighted by Gasteiger charge is -2.39. The van der Waals surface area contributed by atoms with Crippen LogP contribution in [0.4, 0.5) is 5.69 Å². The van der Waals surface area contributed by atoms with E-state index in [4.69, 9.17) is 5.73 Å². The van der Waals surface area contributed by atoms with Crippen molar-refractivity contribution in [2.75, 3.05) is 5.32 Å². The van der Waals surface area contributed by atoms with E-state index in [0.717, 1.165) is 49.8 Å². The SMILES string of the molecule is CC(C)(C)c1ccc(C(=O)Nc2ccccc2CN(C(=O)C2CC2)C2CCCCC2N)cc1. The number of nitrogens with two attached hydrogens (primary N) is 1. The Labute approximate surface area is 197 Å². The third kappa shape index (κ3) is 5.64. The molecule has 0 spiro atoms. The smallest absolute Gasteiger partial charge is 0.255 e. The maximum atomic E-state index is 13.2. The quantitative estimate of drug-likeness (QED) is 0.635. The van der Waals surface area contributed by atoms with Crippen LogP contribution in [0.2, 0.25) is 0 Å². The van der Waals surface area contributed by atoms with Crippen molar-refractivity contribution in [3.05, 3.63) is 65.2 Å². The molecule has 2 aliphatic rings. The topological polar surface area (TPSA) is 75.4 Å². The van der Waals surface area contributed by atoms with Crippen LogP contribution in [0.3, 0.4) is 0 Å². The Balaban J connectivity index is 1.53. The van der Waals surface area contributed by atoms with Crippen molar-refractivity contribution in [1.82, 2.24) is 4.90 Å². The zero-order valence-corrected chi connectivity index (χ0v) is 20.1. The van der Waals surface area contributed by atoms with Gasteiger partial charge in [-0.2, -0.15) is 0 Å². The number of benzene rings is 2. The number of para-hydroxylation sites is 1. The van der Waals surface area contributed by atoms with Gasteiger partial charge in [-0.1, -0.05) is 63.9 Å². The Morgan fingerprint density at radius 3 is 2.27 bits per heavy atom. The molecule has 2 fully saturated rings. The summed E-state index contributed by atoms with van der Waals surface area (Å²) >= 11 is 0. The molecule has 3 N–H and O–H groups in total. The maximum absolute atomic E-state index is 13.2. The van der Waals surface area contributed by atoms with Gasteiger partial charge in [0.05, 0.1) is 0 Å². The summed E-state index contributed by atoms with van der Waals surface area (Å²) in [7, 11) is 0. The minimum Gasteiger partial charge on any atom is -0.334 e. The monoisotopic (exact) mass is 447 g/mol. The van der Waals surface area contributed by atoms with Crippen molar-refractivity contribution in [3.63, 3.8) is 0 Å². The van der Waals surface area contributed by atoms with Gasteiger partial charge in [-0.05, 0) is 60.4 Å². The number of rotatable bonds is 6. The van der Waals surface area contributed by atoms with Gasteiger partial charge in [0, 0.05) is 35.8 Å². The second-order valence-corrected chi connectivity index (χ2v) is 10.7. The Morgan fingerprint density at radius 2 is 1.64 bits per heavy atom. The van der Waals surface area contributed by atoms with Crippen molar-refractivity contribution in [3.8, 4) is 0 Å². The summed E-state index contributed by atoms with van der Waals surface area (Å²) in [5.74, 6) is 0.218. The first-order valence-electron chi connectivity index (χ1n) is 12.3. The highest BCUT2D eigenvalue weighted by molar-refractivity contribution is 6.04. The van der Waals surface area contributed by atoms with Gasteiger partial charge in [0.15, 0.2) is 0 Å². The third-order valence-electron chi connectivity index (χ3n) is 7.01. The summed E-state index contributed by atoms with van der Waals surface area (Å²) in [6.45, 7) is 6.95. The van der Waals surface area contributed by atoms with Gasteiger partial charge in [-0.15, -0.1) is 0 Å². The van der Waals surface area contributed by atoms with Crippen LogP contribution >= 0.6 is 0 Å². The van der Waals surface area contributed by atoms with Crippen molar-refractivity contribution in [2.24, 2.45) is 11.7 Å². The summed E-state index contributed by atoms with van der Waals surface area (Å²) < 4.78 is 0. The Hall–Kier alpha value is -2.66. The number of nitrogens with zero attached hydrogens (tertiary/aromatic N) is 1. The first-order valence-corrected chi connectivity index (χ1v) is 12.3. The van der Waals surface area contributed by atoms with Crippen molar-refractivity contribution >= 4 is 17.5 Å². The second-order valence-electron chi connectivity index (χ2n) is 10.7. The third-order valence-corrected chi connectivity index (χ3v) is 7.01. The average Bonchev–Trinajstić information content (AvgIpc) is 3.64. The van der Waals surface area contributed by atoms with E-state index in [1.165, 1.54) is 5.56 Å². The number of hydrogen-bond acceptors (Lipinski definition) is 3. The molecular weight excluding hydrogens is 410 g/mol. The summed E-state index contributed by atoms with van der Waals surface area (Å²) in [5, 5.41) is 3.08. The van der Waals surface area contributed by atoms with E-state index in [9.17, 15) is 9.59 Å². The predicted molar refractivity (Wildman–Crippen MR) is 133 cm³/mol. The fourth-order valence-electron chi connectivity index (χ4n) is 4.73. The molecule has 4 rings (SSSR count). The number of carbonyl (C=O) groups is 2. The largest absolute Gasteiger partial charge is 0.334 e. The van der Waals surface area contributed by atoms with Crippen LogP contribution in [-0.4, -0.2) is 28.8 Å². The Morgan fingerprint density at radius 1 is 0.970 bits per heavy atom. The molecule has 176 valence electrons. The Kier molecular flexibility index (Phi) is 6.89. The number of nitrogens with one attached hydrogen (secondary N) is 1. The average molecular weight is 448 g/mol. The van der Waals surface area contributed by atoms with Crippen LogP contribution in [0.1, 0.15) is 80.8 Å². The summed E-state index contributed by atoms with van der Waals surface area (Å²) in [6, 6.07) is 15.7. The molecule has 2 unspecified atom stereocenters. The Bertz CT molecular complexity index is 989. The zero-order valence-electron chi connectivity index (χ0n) is 20.1. The van der Waals surface area contributed by atoms with E-state index in [2.05, 4.69) is 26.1 Å². The van der Waals surface area contributed by atoms with E-state index in [0.29, 0.717) is 12.1 Å². The lowest BCUT2D eigenvalue weighted by molar-refractivity contribution is -0.136. The highest BCUT2D eigenvalue weighted by atomic mass is 16.2. The van der Waals surface area contributed by atoms with Gasteiger partial charge in [0.1, 0.15) is 0 Å². The van der Waals surface area contributed by atoms with E-state index in [1.807, 2.05) is 53.4 Å². The fourth-order valence-corrected chi connectivity index (χ4v) is 4.73. The molecule has 5 nitrogen and oxygen atoms in total. The number of amides is 2. The molecule has 0 aromatic heterocycles. The standard InChI is InChI=1S/C28H37N3O2/c1-28(2,3)22-16-14-19(15-17-22)26(32)30-24-10-6-4-8-21(24)18-31(27(33)20-12-13-20)25-11-7-5-9-23(25)29/h4,6,8,10,14-17,20,23,25H,5,7,9,11-13,18,29H2,1-3H3,(H,30,32). The minimum atomic E-state index is -0.141. The molecule has 33 heavy (non-hydrogen) atoms. The lowest BCUT2D eigenvalue weighted by Crippen LogP contribution is -2.52. The molecule has 2 amide bonds. The maximum Gasteiger partial charge on any atom is 0.255 e. The van der Waals surface area contributed by atoms with Gasteiger partial charge >= 0.3 is 0 Å². The van der Waals surface area contributed by atoms with Gasteiger partial charge in [0.2, 0.25) is 5.91 Å². The van der Waals surface area contributed by atoms with Crippen LogP contribution < -0.4 is 11.1 Å². The molecule has 2 aliphatic carbocycles. The van der Waals surface area contributed by atoms with Crippen LogP contribution in [0.15, 0.2) is 48.5 Å². The molecular formula is C28H37N3O2. The zero-order chi connectivity index (χ0) is 23.6. The number of carbonyl (C=O) groups excluding carboxylic acids is 2. The van der Waals surface area contributed by atoms with E-state index >= 15 is 0 Å². The summed E-state index contributed by atoms with van der Waals surface area (Å²) in [5.41, 5.74) is 10.0. The predicted octanol–water partition coefficient (Wildman–Crippen LogP) is 5.24. The fraction of sp³-hybridized carbons (Fsp3) is 0.500. The molecule has 2 saturated carbocycles. The molecule has 0 aliphatic heterocycles. The van der Waals surface area contributed by atoms with Gasteiger partial charge in [-0.25, -0.2) is 0 Å². The molecule has 0 bridgehead atoms. The van der Waals surface area contributed by atoms with E-state index in [-0.39, 0.29) is 35.2 Å². The van der Waals surface area contributed by atoms with Gasteiger partial charge in [0.25, 0.3) is 5.91 Å². The van der Waals surface area contributed by atoms with Crippen molar-refractivity contribution in [2.45, 2.75) is 83.3 Å². The van der Waals surface area contributed by atoms with Gasteiger partial charge in [-0.3, -0.25) is 9.59 Å². The second kappa shape index (κ2) is 9.68. The molecule has 0 heterocycles. The van der Waals surface area contributed by atoms with Crippen LogP contribution in [-0.2, 0) is 16.8 Å². The van der Waals surface area contributed by atoms with Crippen LogP contribution in [0.5, 0.6) is 0 Å². The number of hydrogen-bond donors (Lipinski definition) is 2. The first-order chi connectivity index (χ1) is 15.7. The highest BCUT2D eigenvalue weighted by Gasteiger charge is 2.39. The van der Waals surface area contributed by atoms with Crippen LogP contribution in [0.25, 0.3) is 0 Å². The molecule has 2 atom stereocenters. The number of anilines is 1. The summed E-state index contributed by atoms with van der Waals surface area (Å²) in [4.78, 5) is 28.2. The molecule has 5 heteroatoms. The van der Waals surface area contributed by atoms with Crippen molar-refractivity contribution in [1.29, 1.82) is 0 Å².